The minimum Gasteiger partial charge on any atom is -1.00 e. The maximum absolute atomic E-state index is 9.88. The quantitative estimate of drug-likeness (QED) is 0.238. The van der Waals surface area contributed by atoms with Crippen LogP contribution >= 0.6 is 7.82 Å². The molecular formula is H4Na3O6P. The second kappa shape index (κ2) is 8.62. The minimum absolute atomic E-state index is 0. The Bertz CT molecular complexity index is 114. The van der Waals surface area contributed by atoms with E-state index in [2.05, 4.69) is 19.4 Å². The van der Waals surface area contributed by atoms with Crippen LogP contribution in [-0.4, -0.2) is 4.89 Å². The monoisotopic (exact) mass is 200 g/mol. The van der Waals surface area contributed by atoms with Crippen molar-refractivity contribution in [3.8, 4) is 0 Å². The predicted molar refractivity (Wildman–Crippen MR) is 17.5 cm³/mol. The van der Waals surface area contributed by atoms with Crippen molar-refractivity contribution in [3.63, 3.8) is 0 Å². The van der Waals surface area contributed by atoms with Crippen molar-refractivity contribution in [2.75, 3.05) is 0 Å². The SMILES string of the molecule is O=P1(O)OOOO1.[H-].[H-].[H-].[Na+].[Na+].[Na+]. The Morgan fingerprint density at radius 1 is 1.10 bits per heavy atom. The molecule has 0 aromatic heterocycles. The van der Waals surface area contributed by atoms with Crippen LogP contribution in [0.3, 0.4) is 0 Å². The molecule has 1 saturated heterocycles. The summed E-state index contributed by atoms with van der Waals surface area (Å²) >= 11 is 0. The third-order valence-electron chi connectivity index (χ3n) is 0.277. The van der Waals surface area contributed by atoms with E-state index in [-0.39, 0.29) is 93.0 Å². The molecule has 0 aromatic carbocycles. The number of phosphoric acid groups is 1. The van der Waals surface area contributed by atoms with Crippen LogP contribution in [0.15, 0.2) is 0 Å². The van der Waals surface area contributed by atoms with Gasteiger partial charge in [-0.05, 0) is 10.1 Å². The average molecular weight is 200 g/mol. The Labute approximate surface area is 128 Å². The molecule has 10 heavy (non-hydrogen) atoms. The van der Waals surface area contributed by atoms with E-state index in [0.29, 0.717) is 0 Å². The Kier molecular flexibility index (Phi) is 16.2. The summed E-state index contributed by atoms with van der Waals surface area (Å²) in [4.78, 5) is 8.06. The van der Waals surface area contributed by atoms with Gasteiger partial charge in [-0.2, -0.15) is 0 Å². The van der Waals surface area contributed by atoms with Crippen LogP contribution in [-0.2, 0) is 24.0 Å². The average Bonchev–Trinajstić information content (AvgIpc) is 1.84. The van der Waals surface area contributed by atoms with Crippen molar-refractivity contribution in [2.24, 2.45) is 0 Å². The molecule has 0 unspecified atom stereocenters. The largest absolute Gasteiger partial charge is 1.00 e. The van der Waals surface area contributed by atoms with E-state index in [9.17, 15) is 4.57 Å². The molecule has 0 aliphatic carbocycles. The molecule has 10 heteroatoms. The molecule has 1 aliphatic heterocycles. The first-order valence-corrected chi connectivity index (χ1v) is 2.74. The van der Waals surface area contributed by atoms with Crippen LogP contribution < -0.4 is 88.7 Å². The van der Waals surface area contributed by atoms with Gasteiger partial charge in [-0.15, -0.1) is 0 Å². The molecule has 0 radical (unpaired) electrons. The van der Waals surface area contributed by atoms with E-state index in [1.807, 2.05) is 0 Å². The van der Waals surface area contributed by atoms with E-state index in [1.54, 1.807) is 0 Å². The molecule has 0 aromatic rings. The van der Waals surface area contributed by atoms with Crippen molar-refractivity contribution >= 4 is 7.82 Å². The fraction of sp³-hybridized carbons (Fsp3) is 0. The smallest absolute Gasteiger partial charge is 1.00 e. The molecule has 0 atom stereocenters. The van der Waals surface area contributed by atoms with Gasteiger partial charge in [0.15, 0.2) is 0 Å². The first-order valence-electron chi connectivity index (χ1n) is 1.25. The van der Waals surface area contributed by atoms with Crippen LogP contribution in [0, 0.1) is 0 Å². The van der Waals surface area contributed by atoms with Gasteiger partial charge in [-0.25, -0.2) is 4.57 Å². The van der Waals surface area contributed by atoms with E-state index in [1.165, 1.54) is 0 Å². The van der Waals surface area contributed by atoms with E-state index in [0.717, 1.165) is 0 Å². The summed E-state index contributed by atoms with van der Waals surface area (Å²) in [5, 5.41) is 6.85. The van der Waals surface area contributed by atoms with E-state index >= 15 is 0 Å². The van der Waals surface area contributed by atoms with Gasteiger partial charge in [0.25, 0.3) is 0 Å². The molecule has 1 N–H and O–H groups in total. The van der Waals surface area contributed by atoms with Crippen LogP contribution in [0.1, 0.15) is 4.28 Å². The zero-order chi connectivity index (χ0) is 5.33. The summed E-state index contributed by atoms with van der Waals surface area (Å²) < 4.78 is 16.9. The molecule has 1 rings (SSSR count). The second-order valence-corrected chi connectivity index (χ2v) is 1.99. The van der Waals surface area contributed by atoms with Gasteiger partial charge in [-0.1, -0.05) is 9.35 Å². The summed E-state index contributed by atoms with van der Waals surface area (Å²) in [7, 11) is -3.99. The van der Waals surface area contributed by atoms with Gasteiger partial charge in [0, 0.05) is 0 Å². The zero-order valence-electron chi connectivity index (χ0n) is 8.94. The van der Waals surface area contributed by atoms with Gasteiger partial charge < -0.3 is 4.28 Å². The first kappa shape index (κ1) is 18.7. The standard InChI is InChI=1S/3Na.HO6P.3H/c;;;1-7(2)5-3-4-6-7;;;/h;;;(H,1,2);;;/q3*+1;;3*-1. The van der Waals surface area contributed by atoms with Gasteiger partial charge in [0.1, 0.15) is 0 Å². The van der Waals surface area contributed by atoms with Crippen molar-refractivity contribution in [1.82, 2.24) is 0 Å². The van der Waals surface area contributed by atoms with Crippen LogP contribution in [0.25, 0.3) is 0 Å². The fourth-order valence-corrected chi connectivity index (χ4v) is 0.343. The molecular weight excluding hydrogens is 196 g/mol. The summed E-state index contributed by atoms with van der Waals surface area (Å²) in [6.07, 6.45) is 0. The molecule has 0 saturated carbocycles. The third-order valence-corrected chi connectivity index (χ3v) is 0.776. The Morgan fingerprint density at radius 3 is 1.50 bits per heavy atom. The summed E-state index contributed by atoms with van der Waals surface area (Å²) in [5.41, 5.74) is 0. The first-order chi connectivity index (χ1) is 3.21. The summed E-state index contributed by atoms with van der Waals surface area (Å²) in [6, 6.07) is 0. The van der Waals surface area contributed by atoms with E-state index in [4.69, 9.17) is 4.89 Å². The van der Waals surface area contributed by atoms with Crippen LogP contribution in [0.5, 0.6) is 0 Å². The van der Waals surface area contributed by atoms with Crippen LogP contribution in [0.4, 0.5) is 0 Å². The Hall–Kier alpha value is 3.03. The normalized spacial score (nSPS) is 19.7. The Morgan fingerprint density at radius 2 is 1.40 bits per heavy atom. The molecule has 0 bridgehead atoms. The minimum atomic E-state index is -3.99. The molecule has 1 heterocycles. The van der Waals surface area contributed by atoms with Crippen molar-refractivity contribution in [3.05, 3.63) is 0 Å². The molecule has 1 fully saturated rings. The molecule has 48 valence electrons. The maximum Gasteiger partial charge on any atom is 1.00 e. The number of rotatable bonds is 0. The molecule has 6 nitrogen and oxygen atoms in total. The topological polar surface area (TPSA) is 74.2 Å². The van der Waals surface area contributed by atoms with Gasteiger partial charge in [-0.3, -0.25) is 4.89 Å². The van der Waals surface area contributed by atoms with E-state index < -0.39 is 7.82 Å². The van der Waals surface area contributed by atoms with Gasteiger partial charge in [0.2, 0.25) is 0 Å². The third kappa shape index (κ3) is 7.67. The number of hydrogen-bond donors (Lipinski definition) is 1. The molecule has 0 amide bonds. The van der Waals surface area contributed by atoms with Crippen LogP contribution in [0.2, 0.25) is 0 Å². The molecule has 1 aliphatic rings. The zero-order valence-corrected chi connectivity index (χ0v) is 12.8. The second-order valence-electron chi connectivity index (χ2n) is 0.754. The van der Waals surface area contributed by atoms with Crippen molar-refractivity contribution in [2.45, 2.75) is 0 Å². The predicted octanol–water partition coefficient (Wildman–Crippen LogP) is -8.74. The summed E-state index contributed by atoms with van der Waals surface area (Å²) in [6.45, 7) is 0. The van der Waals surface area contributed by atoms with Gasteiger partial charge >= 0.3 is 96.5 Å². The van der Waals surface area contributed by atoms with Crippen molar-refractivity contribution in [1.29, 1.82) is 0 Å². The van der Waals surface area contributed by atoms with Gasteiger partial charge in [0.05, 0.1) is 0 Å². The van der Waals surface area contributed by atoms with Crippen molar-refractivity contribution < 1.29 is 122 Å². The number of hydrogen-bond acceptors (Lipinski definition) is 5. The molecule has 0 spiro atoms. The Balaban J connectivity index is -0.0000000204. The summed E-state index contributed by atoms with van der Waals surface area (Å²) in [5.74, 6) is 0. The maximum atomic E-state index is 9.88. The fourth-order valence-electron chi connectivity index (χ4n) is 0.114.